The van der Waals surface area contributed by atoms with Crippen LogP contribution in [0.4, 0.5) is 0 Å². The number of furan rings is 1. The number of nitrogens with zero attached hydrogens (tertiary/aromatic N) is 1. The van der Waals surface area contributed by atoms with E-state index >= 15 is 0 Å². The number of benzene rings is 1. The number of fused-ring (bicyclic) bond motifs is 1. The summed E-state index contributed by atoms with van der Waals surface area (Å²) in [7, 11) is 1.61. The molecule has 0 saturated carbocycles. The van der Waals surface area contributed by atoms with Gasteiger partial charge >= 0.3 is 0 Å². The summed E-state index contributed by atoms with van der Waals surface area (Å²) < 4.78 is 22.3. The summed E-state index contributed by atoms with van der Waals surface area (Å²) in [5.74, 6) is 1.78. The van der Waals surface area contributed by atoms with Gasteiger partial charge in [0.25, 0.3) is 5.91 Å². The zero-order valence-electron chi connectivity index (χ0n) is 15.9. The molecule has 1 aliphatic heterocycles. The monoisotopic (exact) mass is 382 g/mol. The number of amides is 1. The van der Waals surface area contributed by atoms with Crippen LogP contribution in [0, 0.1) is 6.92 Å². The second-order valence-electron chi connectivity index (χ2n) is 6.70. The standard InChI is InChI=1S/C21H22N2O5/c1-13-20(21(24)23-15-6-8-26-12-15)17-9-16(3-4-19(17)28-13)27-11-14-10-22-7-5-18(14)25-2/h3-5,7,9-10,15H,6,8,11-12H2,1-2H3,(H,23,24). The molecule has 1 saturated heterocycles. The predicted molar refractivity (Wildman–Crippen MR) is 103 cm³/mol. The number of ether oxygens (including phenoxy) is 3. The summed E-state index contributed by atoms with van der Waals surface area (Å²) in [6, 6.07) is 7.29. The summed E-state index contributed by atoms with van der Waals surface area (Å²) in [6.07, 6.45) is 4.20. The van der Waals surface area contributed by atoms with Gasteiger partial charge in [0.05, 0.1) is 25.3 Å². The second-order valence-corrected chi connectivity index (χ2v) is 6.70. The Morgan fingerprint density at radius 1 is 1.36 bits per heavy atom. The molecule has 0 radical (unpaired) electrons. The first-order valence-electron chi connectivity index (χ1n) is 9.17. The third-order valence-electron chi connectivity index (χ3n) is 4.80. The second kappa shape index (κ2) is 7.90. The van der Waals surface area contributed by atoms with Crippen molar-refractivity contribution >= 4 is 16.9 Å². The fourth-order valence-corrected chi connectivity index (χ4v) is 3.36. The molecule has 1 fully saturated rings. The van der Waals surface area contributed by atoms with Crippen LogP contribution in [0.3, 0.4) is 0 Å². The van der Waals surface area contributed by atoms with Crippen molar-refractivity contribution in [2.75, 3.05) is 20.3 Å². The average Bonchev–Trinajstić information content (AvgIpc) is 3.32. The van der Waals surface area contributed by atoms with Crippen LogP contribution < -0.4 is 14.8 Å². The minimum absolute atomic E-state index is 0.0364. The number of aromatic nitrogens is 1. The van der Waals surface area contributed by atoms with E-state index in [1.165, 1.54) is 0 Å². The summed E-state index contributed by atoms with van der Waals surface area (Å²) in [4.78, 5) is 16.9. The van der Waals surface area contributed by atoms with Crippen molar-refractivity contribution in [3.05, 3.63) is 53.5 Å². The molecule has 28 heavy (non-hydrogen) atoms. The van der Waals surface area contributed by atoms with Crippen LogP contribution in [-0.4, -0.2) is 37.3 Å². The minimum atomic E-state index is -0.155. The van der Waals surface area contributed by atoms with Crippen molar-refractivity contribution in [2.45, 2.75) is 26.0 Å². The molecule has 0 bridgehead atoms. The van der Waals surface area contributed by atoms with Crippen molar-refractivity contribution in [1.82, 2.24) is 10.3 Å². The highest BCUT2D eigenvalue weighted by atomic mass is 16.5. The predicted octanol–water partition coefficient (Wildman–Crippen LogP) is 3.24. The van der Waals surface area contributed by atoms with E-state index < -0.39 is 0 Å². The molecule has 7 heteroatoms. The van der Waals surface area contributed by atoms with Crippen molar-refractivity contribution in [3.8, 4) is 11.5 Å². The Kier molecular flexibility index (Phi) is 5.16. The van der Waals surface area contributed by atoms with Gasteiger partial charge in [-0.2, -0.15) is 0 Å². The van der Waals surface area contributed by atoms with E-state index in [4.69, 9.17) is 18.6 Å². The third kappa shape index (κ3) is 3.66. The largest absolute Gasteiger partial charge is 0.496 e. The van der Waals surface area contributed by atoms with Crippen LogP contribution in [0.2, 0.25) is 0 Å². The highest BCUT2D eigenvalue weighted by Crippen LogP contribution is 2.30. The fraction of sp³-hybridized carbons (Fsp3) is 0.333. The topological polar surface area (TPSA) is 82.8 Å². The van der Waals surface area contributed by atoms with Gasteiger partial charge in [-0.25, -0.2) is 0 Å². The Morgan fingerprint density at radius 2 is 2.25 bits per heavy atom. The van der Waals surface area contributed by atoms with Gasteiger partial charge in [-0.15, -0.1) is 0 Å². The molecule has 4 rings (SSSR count). The molecular formula is C21H22N2O5. The molecule has 1 atom stereocenters. The molecule has 1 unspecified atom stereocenters. The van der Waals surface area contributed by atoms with Crippen LogP contribution in [0.1, 0.15) is 28.1 Å². The number of carbonyl (C=O) groups is 1. The van der Waals surface area contributed by atoms with Crippen molar-refractivity contribution in [1.29, 1.82) is 0 Å². The Balaban J connectivity index is 1.56. The SMILES string of the molecule is COc1ccncc1COc1ccc2oc(C)c(C(=O)NC3CCOC3)c2c1. The number of aryl methyl sites for hydroxylation is 1. The number of hydrogen-bond acceptors (Lipinski definition) is 6. The average molecular weight is 382 g/mol. The Labute approximate surface area is 162 Å². The maximum Gasteiger partial charge on any atom is 0.255 e. The molecule has 1 aliphatic rings. The molecule has 7 nitrogen and oxygen atoms in total. The molecule has 1 aromatic carbocycles. The van der Waals surface area contributed by atoms with Gasteiger partial charge in [0.1, 0.15) is 29.4 Å². The highest BCUT2D eigenvalue weighted by Gasteiger charge is 2.23. The van der Waals surface area contributed by atoms with Crippen LogP contribution in [0.5, 0.6) is 11.5 Å². The van der Waals surface area contributed by atoms with Crippen molar-refractivity contribution in [2.24, 2.45) is 0 Å². The lowest BCUT2D eigenvalue weighted by atomic mass is 10.1. The lowest BCUT2D eigenvalue weighted by molar-refractivity contribution is 0.0930. The molecule has 1 amide bonds. The van der Waals surface area contributed by atoms with Gasteiger partial charge in [-0.1, -0.05) is 0 Å². The summed E-state index contributed by atoms with van der Waals surface area (Å²) in [5.41, 5.74) is 2.02. The fourth-order valence-electron chi connectivity index (χ4n) is 3.36. The number of hydrogen-bond donors (Lipinski definition) is 1. The molecule has 2 aromatic heterocycles. The smallest absolute Gasteiger partial charge is 0.255 e. The van der Waals surface area contributed by atoms with E-state index in [2.05, 4.69) is 10.3 Å². The molecule has 0 aliphatic carbocycles. The number of methoxy groups -OCH3 is 1. The number of rotatable bonds is 6. The third-order valence-corrected chi connectivity index (χ3v) is 4.80. The molecule has 3 heterocycles. The lowest BCUT2D eigenvalue weighted by Crippen LogP contribution is -2.35. The Hall–Kier alpha value is -3.06. The van der Waals surface area contributed by atoms with E-state index in [0.29, 0.717) is 48.2 Å². The van der Waals surface area contributed by atoms with Crippen molar-refractivity contribution in [3.63, 3.8) is 0 Å². The van der Waals surface area contributed by atoms with E-state index in [1.807, 2.05) is 18.2 Å². The zero-order chi connectivity index (χ0) is 19.5. The van der Waals surface area contributed by atoms with Crippen molar-refractivity contribution < 1.29 is 23.4 Å². The molecule has 146 valence electrons. The first-order chi connectivity index (χ1) is 13.7. The number of pyridine rings is 1. The van der Waals surface area contributed by atoms with Gasteiger partial charge in [0, 0.05) is 30.0 Å². The van der Waals surface area contributed by atoms with E-state index in [1.54, 1.807) is 32.5 Å². The first kappa shape index (κ1) is 18.3. The van der Waals surface area contributed by atoms with Crippen LogP contribution in [0.25, 0.3) is 11.0 Å². The summed E-state index contributed by atoms with van der Waals surface area (Å²) in [6.45, 7) is 3.31. The van der Waals surface area contributed by atoms with Crippen LogP contribution in [0.15, 0.2) is 41.1 Å². The van der Waals surface area contributed by atoms with Gasteiger partial charge in [0.2, 0.25) is 0 Å². The minimum Gasteiger partial charge on any atom is -0.496 e. The molecule has 1 N–H and O–H groups in total. The van der Waals surface area contributed by atoms with Crippen LogP contribution >= 0.6 is 0 Å². The highest BCUT2D eigenvalue weighted by molar-refractivity contribution is 6.07. The summed E-state index contributed by atoms with van der Waals surface area (Å²) in [5, 5.41) is 3.74. The maximum atomic E-state index is 12.8. The van der Waals surface area contributed by atoms with Gasteiger partial charge < -0.3 is 23.9 Å². The Morgan fingerprint density at radius 3 is 3.04 bits per heavy atom. The molecule has 3 aromatic rings. The number of nitrogens with one attached hydrogen (secondary N) is 1. The van der Waals surface area contributed by atoms with E-state index in [0.717, 1.165) is 17.4 Å². The van der Waals surface area contributed by atoms with Gasteiger partial charge in [-0.3, -0.25) is 9.78 Å². The van der Waals surface area contributed by atoms with Gasteiger partial charge in [0.15, 0.2) is 0 Å². The quantitative estimate of drug-likeness (QED) is 0.705. The normalized spacial score (nSPS) is 16.3. The van der Waals surface area contributed by atoms with Gasteiger partial charge in [-0.05, 0) is 37.6 Å². The van der Waals surface area contributed by atoms with E-state index in [9.17, 15) is 4.79 Å². The first-order valence-corrected chi connectivity index (χ1v) is 9.17. The summed E-state index contributed by atoms with van der Waals surface area (Å²) >= 11 is 0. The maximum absolute atomic E-state index is 12.8. The zero-order valence-corrected chi connectivity index (χ0v) is 15.9. The number of carbonyl (C=O) groups excluding carboxylic acids is 1. The lowest BCUT2D eigenvalue weighted by Gasteiger charge is -2.11. The molecular weight excluding hydrogens is 360 g/mol. The van der Waals surface area contributed by atoms with Crippen LogP contribution in [-0.2, 0) is 11.3 Å². The van der Waals surface area contributed by atoms with E-state index in [-0.39, 0.29) is 11.9 Å². The Bertz CT molecular complexity index is 992. The molecule has 0 spiro atoms.